The third-order valence-electron chi connectivity index (χ3n) is 4.24. The van der Waals surface area contributed by atoms with Crippen molar-refractivity contribution in [1.82, 2.24) is 10.6 Å². The average molecular weight is 276 g/mol. The number of carbonyl (C=O) groups excluding carboxylic acids is 1. The first kappa shape index (κ1) is 14.9. The zero-order chi connectivity index (χ0) is 14.4. The van der Waals surface area contributed by atoms with Crippen molar-refractivity contribution < 1.29 is 9.53 Å². The Hall–Kier alpha value is -1.55. The summed E-state index contributed by atoms with van der Waals surface area (Å²) >= 11 is 0. The van der Waals surface area contributed by atoms with Gasteiger partial charge in [-0.05, 0) is 43.5 Å². The summed E-state index contributed by atoms with van der Waals surface area (Å²) in [5.41, 5.74) is 0.980. The molecule has 4 nitrogen and oxygen atoms in total. The number of benzene rings is 1. The lowest BCUT2D eigenvalue weighted by Gasteiger charge is -2.25. The number of ether oxygens (including phenoxy) is 1. The average Bonchev–Trinajstić information content (AvgIpc) is 2.97. The summed E-state index contributed by atoms with van der Waals surface area (Å²) in [7, 11) is 1.67. The van der Waals surface area contributed by atoms with E-state index >= 15 is 0 Å². The normalized spacial score (nSPS) is 21.7. The highest BCUT2D eigenvalue weighted by atomic mass is 16.5. The number of nitrogens with one attached hydrogen (secondary N) is 2. The maximum absolute atomic E-state index is 12.3. The van der Waals surface area contributed by atoms with Gasteiger partial charge in [0.05, 0.1) is 12.5 Å². The molecule has 1 heterocycles. The lowest BCUT2D eigenvalue weighted by Crippen LogP contribution is -2.42. The maximum atomic E-state index is 12.3. The Bertz CT molecular complexity index is 454. The molecule has 110 valence electrons. The number of hydrogen-bond acceptors (Lipinski definition) is 3. The quantitative estimate of drug-likeness (QED) is 0.832. The van der Waals surface area contributed by atoms with E-state index in [1.807, 2.05) is 18.2 Å². The van der Waals surface area contributed by atoms with Crippen LogP contribution in [0.25, 0.3) is 0 Å². The summed E-state index contributed by atoms with van der Waals surface area (Å²) in [5, 5.41) is 6.37. The second-order valence-electron chi connectivity index (χ2n) is 5.42. The third kappa shape index (κ3) is 3.31. The Balaban J connectivity index is 1.84. The first-order valence-electron chi connectivity index (χ1n) is 7.32. The van der Waals surface area contributed by atoms with E-state index < -0.39 is 0 Å². The van der Waals surface area contributed by atoms with Gasteiger partial charge in [-0.15, -0.1) is 0 Å². The van der Waals surface area contributed by atoms with Gasteiger partial charge in [0.25, 0.3) is 0 Å². The van der Waals surface area contributed by atoms with E-state index in [2.05, 4.69) is 23.6 Å². The summed E-state index contributed by atoms with van der Waals surface area (Å²) in [5.74, 6) is 1.05. The molecule has 1 aliphatic rings. The number of methoxy groups -OCH3 is 1. The molecular formula is C16H24N2O2. The van der Waals surface area contributed by atoms with Crippen molar-refractivity contribution >= 4 is 5.91 Å². The van der Waals surface area contributed by atoms with Crippen LogP contribution in [0.4, 0.5) is 0 Å². The first-order chi connectivity index (χ1) is 9.70. The van der Waals surface area contributed by atoms with E-state index in [4.69, 9.17) is 4.74 Å². The minimum Gasteiger partial charge on any atom is -0.497 e. The van der Waals surface area contributed by atoms with E-state index in [0.29, 0.717) is 6.54 Å². The van der Waals surface area contributed by atoms with Gasteiger partial charge in [-0.2, -0.15) is 0 Å². The molecule has 0 aliphatic carbocycles. The van der Waals surface area contributed by atoms with Gasteiger partial charge in [-0.1, -0.05) is 19.1 Å². The van der Waals surface area contributed by atoms with Crippen molar-refractivity contribution in [3.63, 3.8) is 0 Å². The van der Waals surface area contributed by atoms with Crippen molar-refractivity contribution in [2.75, 3.05) is 26.7 Å². The Morgan fingerprint density at radius 3 is 3.00 bits per heavy atom. The Morgan fingerprint density at radius 1 is 1.50 bits per heavy atom. The van der Waals surface area contributed by atoms with E-state index in [0.717, 1.165) is 38.1 Å². The number of amides is 1. The van der Waals surface area contributed by atoms with Gasteiger partial charge >= 0.3 is 0 Å². The predicted molar refractivity (Wildman–Crippen MR) is 79.9 cm³/mol. The van der Waals surface area contributed by atoms with E-state index in [9.17, 15) is 4.79 Å². The fraction of sp³-hybridized carbons (Fsp3) is 0.562. The Kier molecular flexibility index (Phi) is 5.01. The van der Waals surface area contributed by atoms with E-state index in [1.54, 1.807) is 7.11 Å². The lowest BCUT2D eigenvalue weighted by molar-refractivity contribution is -0.130. The molecule has 0 bridgehead atoms. The van der Waals surface area contributed by atoms with Gasteiger partial charge in [0.2, 0.25) is 5.91 Å². The third-order valence-corrected chi connectivity index (χ3v) is 4.24. The molecule has 0 aromatic heterocycles. The van der Waals surface area contributed by atoms with Crippen LogP contribution < -0.4 is 15.4 Å². The van der Waals surface area contributed by atoms with Crippen molar-refractivity contribution in [3.8, 4) is 5.75 Å². The van der Waals surface area contributed by atoms with E-state index in [1.165, 1.54) is 5.56 Å². The summed E-state index contributed by atoms with van der Waals surface area (Å²) in [6.45, 7) is 4.51. The minimum atomic E-state index is -0.200. The van der Waals surface area contributed by atoms with Crippen LogP contribution in [0.5, 0.6) is 5.75 Å². The summed E-state index contributed by atoms with van der Waals surface area (Å²) in [4.78, 5) is 12.3. The second kappa shape index (κ2) is 6.75. The van der Waals surface area contributed by atoms with Crippen LogP contribution in [-0.4, -0.2) is 32.7 Å². The van der Waals surface area contributed by atoms with Crippen molar-refractivity contribution in [1.29, 1.82) is 0 Å². The van der Waals surface area contributed by atoms with Crippen LogP contribution in [0.2, 0.25) is 0 Å². The molecule has 0 spiro atoms. The Labute approximate surface area is 120 Å². The zero-order valence-corrected chi connectivity index (χ0v) is 12.4. The van der Waals surface area contributed by atoms with Crippen LogP contribution in [0.3, 0.4) is 0 Å². The highest BCUT2D eigenvalue weighted by Gasteiger charge is 2.38. The molecule has 1 atom stereocenters. The van der Waals surface area contributed by atoms with Gasteiger partial charge < -0.3 is 15.4 Å². The minimum absolute atomic E-state index is 0.188. The molecule has 20 heavy (non-hydrogen) atoms. The molecule has 1 aliphatic heterocycles. The summed E-state index contributed by atoms with van der Waals surface area (Å²) in [6.07, 6.45) is 2.66. The van der Waals surface area contributed by atoms with Crippen LogP contribution in [0.1, 0.15) is 25.3 Å². The molecule has 1 aromatic rings. The topological polar surface area (TPSA) is 50.4 Å². The number of rotatable bonds is 6. The van der Waals surface area contributed by atoms with Crippen LogP contribution in [0.15, 0.2) is 24.3 Å². The molecule has 0 radical (unpaired) electrons. The van der Waals surface area contributed by atoms with Gasteiger partial charge in [-0.3, -0.25) is 4.79 Å². The zero-order valence-electron chi connectivity index (χ0n) is 12.4. The van der Waals surface area contributed by atoms with Crippen LogP contribution in [-0.2, 0) is 11.2 Å². The van der Waals surface area contributed by atoms with Crippen molar-refractivity contribution in [2.45, 2.75) is 26.2 Å². The molecule has 2 N–H and O–H groups in total. The molecule has 1 amide bonds. The highest BCUT2D eigenvalue weighted by Crippen LogP contribution is 2.29. The fourth-order valence-corrected chi connectivity index (χ4v) is 2.74. The molecule has 1 fully saturated rings. The van der Waals surface area contributed by atoms with Gasteiger partial charge in [0, 0.05) is 13.1 Å². The van der Waals surface area contributed by atoms with Crippen molar-refractivity contribution in [2.24, 2.45) is 5.41 Å². The maximum Gasteiger partial charge on any atom is 0.227 e. The molecular weight excluding hydrogens is 252 g/mol. The summed E-state index contributed by atoms with van der Waals surface area (Å²) < 4.78 is 5.20. The van der Waals surface area contributed by atoms with Crippen molar-refractivity contribution in [3.05, 3.63) is 29.8 Å². The predicted octanol–water partition coefficient (Wildman–Crippen LogP) is 1.74. The fourth-order valence-electron chi connectivity index (χ4n) is 2.74. The number of carbonyl (C=O) groups is 1. The molecule has 1 aromatic carbocycles. The number of hydrogen-bond donors (Lipinski definition) is 2. The van der Waals surface area contributed by atoms with Gasteiger partial charge in [0.15, 0.2) is 0 Å². The molecule has 1 unspecified atom stereocenters. The van der Waals surface area contributed by atoms with Crippen LogP contribution >= 0.6 is 0 Å². The van der Waals surface area contributed by atoms with Gasteiger partial charge in [-0.25, -0.2) is 0 Å². The lowest BCUT2D eigenvalue weighted by atomic mass is 9.83. The van der Waals surface area contributed by atoms with E-state index in [-0.39, 0.29) is 11.3 Å². The SMILES string of the molecule is CCC1(C(=O)NCCc2cccc(OC)c2)CCNC1. The van der Waals surface area contributed by atoms with Gasteiger partial charge in [0.1, 0.15) is 5.75 Å². The largest absolute Gasteiger partial charge is 0.497 e. The second-order valence-corrected chi connectivity index (χ2v) is 5.42. The van der Waals surface area contributed by atoms with Crippen LogP contribution in [0, 0.1) is 5.41 Å². The molecule has 2 rings (SSSR count). The summed E-state index contributed by atoms with van der Waals surface area (Å²) in [6, 6.07) is 7.98. The standard InChI is InChI=1S/C16H24N2O2/c1-3-16(8-10-17-12-16)15(19)18-9-7-13-5-4-6-14(11-13)20-2/h4-6,11,17H,3,7-10,12H2,1-2H3,(H,18,19). The monoisotopic (exact) mass is 276 g/mol. The highest BCUT2D eigenvalue weighted by molar-refractivity contribution is 5.83. The molecule has 0 saturated carbocycles. The molecule has 4 heteroatoms. The first-order valence-corrected chi connectivity index (χ1v) is 7.32. The smallest absolute Gasteiger partial charge is 0.227 e. The Morgan fingerprint density at radius 2 is 2.35 bits per heavy atom. The molecule has 1 saturated heterocycles.